The number of esters is 2. The van der Waals surface area contributed by atoms with Crippen molar-refractivity contribution in [3.63, 3.8) is 0 Å². The topological polar surface area (TPSA) is 88.1 Å². The van der Waals surface area contributed by atoms with Gasteiger partial charge in [-0.2, -0.15) is 0 Å². The van der Waals surface area contributed by atoms with Crippen LogP contribution in [0, 0.1) is 5.92 Å². The highest BCUT2D eigenvalue weighted by Crippen LogP contribution is 2.24. The van der Waals surface area contributed by atoms with Crippen LogP contribution < -0.4 is 0 Å². The van der Waals surface area contributed by atoms with Gasteiger partial charge in [0, 0.05) is 13.2 Å². The summed E-state index contributed by atoms with van der Waals surface area (Å²) in [6.07, 6.45) is 0. The van der Waals surface area contributed by atoms with E-state index < -0.39 is 29.4 Å². The van der Waals surface area contributed by atoms with Crippen molar-refractivity contribution in [2.75, 3.05) is 32.8 Å². The van der Waals surface area contributed by atoms with Gasteiger partial charge in [-0.3, -0.25) is 14.4 Å². The fourth-order valence-corrected chi connectivity index (χ4v) is 2.16. The maximum atomic E-state index is 12.5. The van der Waals surface area contributed by atoms with Gasteiger partial charge in [-0.1, -0.05) is 15.9 Å². The molecule has 0 radical (unpaired) electrons. The summed E-state index contributed by atoms with van der Waals surface area (Å²) in [4.78, 5) is 35.8. The van der Waals surface area contributed by atoms with Crippen LogP contribution in [0.2, 0.25) is 0 Å². The fourth-order valence-electron chi connectivity index (χ4n) is 1.56. The predicted octanol–water partition coefficient (Wildman–Crippen LogP) is 0.682. The van der Waals surface area contributed by atoms with E-state index in [1.54, 1.807) is 13.8 Å². The highest BCUT2D eigenvalue weighted by molar-refractivity contribution is 9.09. The Morgan fingerprint density at radius 2 is 1.40 bits per heavy atom. The van der Waals surface area contributed by atoms with Gasteiger partial charge >= 0.3 is 11.9 Å². The number of carbonyl (C=O) groups excluding carboxylic acids is 3. The van der Waals surface area contributed by atoms with Crippen molar-refractivity contribution >= 4 is 33.7 Å². The fraction of sp³-hybridized carbons (Fsp3) is 0.750. The molecule has 0 spiro atoms. The predicted molar refractivity (Wildman–Crippen MR) is 72.3 cm³/mol. The van der Waals surface area contributed by atoms with Gasteiger partial charge in [0.2, 0.25) is 17.5 Å². The molecule has 0 bridgehead atoms. The van der Waals surface area contributed by atoms with Crippen molar-refractivity contribution in [1.29, 1.82) is 0 Å². The molecule has 0 aromatic carbocycles. The van der Waals surface area contributed by atoms with E-state index in [1.165, 1.54) is 0 Å². The molecule has 0 unspecified atom stereocenters. The minimum Gasteiger partial charge on any atom is -0.468 e. The Morgan fingerprint density at radius 1 is 1.00 bits per heavy atom. The van der Waals surface area contributed by atoms with Crippen molar-refractivity contribution in [1.82, 2.24) is 0 Å². The summed E-state index contributed by atoms with van der Waals surface area (Å²) in [5.41, 5.74) is 0. The van der Waals surface area contributed by atoms with Gasteiger partial charge in [0.1, 0.15) is 0 Å². The first kappa shape index (κ1) is 19.0. The number of alkyl halides is 1. The third kappa shape index (κ3) is 4.26. The van der Waals surface area contributed by atoms with Crippen molar-refractivity contribution in [2.24, 2.45) is 5.92 Å². The smallest absolute Gasteiger partial charge is 0.328 e. The third-order valence-corrected chi connectivity index (χ3v) is 3.18. The molecule has 0 saturated heterocycles. The van der Waals surface area contributed by atoms with Crippen LogP contribution >= 0.6 is 15.9 Å². The van der Waals surface area contributed by atoms with E-state index in [2.05, 4.69) is 25.4 Å². The molecular weight excluding hydrogens is 336 g/mol. The highest BCUT2D eigenvalue weighted by atomic mass is 79.9. The summed E-state index contributed by atoms with van der Waals surface area (Å²) in [5.74, 6) is -6.40. The van der Waals surface area contributed by atoms with E-state index in [-0.39, 0.29) is 18.5 Å². The minimum atomic E-state index is -1.75. The van der Waals surface area contributed by atoms with Crippen LogP contribution in [0.3, 0.4) is 0 Å². The number of rotatable bonds is 9. The quantitative estimate of drug-likeness (QED) is 0.260. The molecule has 7 nitrogen and oxygen atoms in total. The van der Waals surface area contributed by atoms with Crippen LogP contribution in [0.15, 0.2) is 0 Å². The van der Waals surface area contributed by atoms with Crippen molar-refractivity contribution < 1.29 is 33.3 Å². The molecule has 0 aliphatic carbocycles. The number of ketones is 1. The van der Waals surface area contributed by atoms with Crippen LogP contribution in [0.4, 0.5) is 0 Å². The van der Waals surface area contributed by atoms with Crippen molar-refractivity contribution in [2.45, 2.75) is 19.6 Å². The Hall–Kier alpha value is -0.990. The van der Waals surface area contributed by atoms with Crippen LogP contribution in [-0.4, -0.2) is 56.3 Å². The maximum Gasteiger partial charge on any atom is 0.328 e. The van der Waals surface area contributed by atoms with Gasteiger partial charge < -0.3 is 18.9 Å². The Morgan fingerprint density at radius 3 is 1.65 bits per heavy atom. The molecule has 20 heavy (non-hydrogen) atoms. The number of Topliss-reactive ketones (excluding diaryl/α,β-unsaturated/α-hetero) is 1. The number of halogens is 1. The molecule has 0 amide bonds. The zero-order chi connectivity index (χ0) is 15.8. The summed E-state index contributed by atoms with van der Waals surface area (Å²) >= 11 is 3.11. The SMILES string of the molecule is CCOC(CBr)(OCC)C(=O)C(C(=O)OC)C(=O)OC. The lowest BCUT2D eigenvalue weighted by atomic mass is 9.98. The first-order chi connectivity index (χ1) is 9.43. The number of methoxy groups -OCH3 is 2. The van der Waals surface area contributed by atoms with Crippen LogP contribution in [0.5, 0.6) is 0 Å². The molecule has 0 fully saturated rings. The second-order valence-electron chi connectivity index (χ2n) is 3.60. The Kier molecular flexibility index (Phi) is 8.59. The molecular formula is C12H19BrO7. The first-order valence-corrected chi connectivity index (χ1v) is 7.10. The molecule has 0 saturated carbocycles. The zero-order valence-corrected chi connectivity index (χ0v) is 13.5. The first-order valence-electron chi connectivity index (χ1n) is 5.97. The largest absolute Gasteiger partial charge is 0.468 e. The maximum absolute atomic E-state index is 12.5. The molecule has 0 aromatic rings. The minimum absolute atomic E-state index is 0.0367. The molecule has 8 heteroatoms. The Balaban J connectivity index is 5.55. The van der Waals surface area contributed by atoms with E-state index in [9.17, 15) is 14.4 Å². The van der Waals surface area contributed by atoms with Gasteiger partial charge in [-0.15, -0.1) is 0 Å². The molecule has 0 aliphatic heterocycles. The molecule has 0 N–H and O–H groups in total. The van der Waals surface area contributed by atoms with E-state index in [0.29, 0.717) is 0 Å². The van der Waals surface area contributed by atoms with Gasteiger partial charge in [-0.05, 0) is 13.8 Å². The highest BCUT2D eigenvalue weighted by Gasteiger charge is 2.50. The molecule has 116 valence electrons. The van der Waals surface area contributed by atoms with Crippen molar-refractivity contribution in [3.05, 3.63) is 0 Å². The van der Waals surface area contributed by atoms with Crippen LogP contribution in [-0.2, 0) is 33.3 Å². The lowest BCUT2D eigenvalue weighted by Gasteiger charge is -2.31. The average molecular weight is 355 g/mol. The number of ether oxygens (including phenoxy) is 4. The lowest BCUT2D eigenvalue weighted by molar-refractivity contribution is -0.219. The summed E-state index contributed by atoms with van der Waals surface area (Å²) < 4.78 is 19.6. The van der Waals surface area contributed by atoms with Gasteiger partial charge in [0.25, 0.3) is 0 Å². The summed E-state index contributed by atoms with van der Waals surface area (Å²) in [7, 11) is 2.14. The molecule has 0 heterocycles. The summed E-state index contributed by atoms with van der Waals surface area (Å²) in [6, 6.07) is 0. The van der Waals surface area contributed by atoms with Crippen LogP contribution in [0.25, 0.3) is 0 Å². The third-order valence-electron chi connectivity index (χ3n) is 2.44. The average Bonchev–Trinajstić information content (AvgIpc) is 2.46. The van der Waals surface area contributed by atoms with E-state index in [0.717, 1.165) is 14.2 Å². The number of carbonyl (C=O) groups is 3. The van der Waals surface area contributed by atoms with Gasteiger partial charge in [-0.25, -0.2) is 0 Å². The second kappa shape index (κ2) is 9.04. The number of hydrogen-bond donors (Lipinski definition) is 0. The standard InChI is InChI=1S/C12H19BrO7/c1-5-19-12(7-13,20-6-2)9(14)8(10(15)17-3)11(16)18-4/h8H,5-7H2,1-4H3. The van der Waals surface area contributed by atoms with Gasteiger partial charge in [0.15, 0.2) is 0 Å². The molecule has 0 aromatic heterocycles. The summed E-state index contributed by atoms with van der Waals surface area (Å²) in [6.45, 7) is 3.64. The molecule has 0 aliphatic rings. The van der Waals surface area contributed by atoms with E-state index in [1.807, 2.05) is 0 Å². The Labute approximate surface area is 126 Å². The van der Waals surface area contributed by atoms with Gasteiger partial charge in [0.05, 0.1) is 19.5 Å². The molecule has 0 rings (SSSR count). The Bertz CT molecular complexity index is 334. The zero-order valence-electron chi connectivity index (χ0n) is 11.9. The monoisotopic (exact) mass is 354 g/mol. The lowest BCUT2D eigenvalue weighted by Crippen LogP contribution is -2.53. The van der Waals surface area contributed by atoms with Crippen LogP contribution in [0.1, 0.15) is 13.8 Å². The number of hydrogen-bond acceptors (Lipinski definition) is 7. The van der Waals surface area contributed by atoms with E-state index in [4.69, 9.17) is 9.47 Å². The molecule has 0 atom stereocenters. The normalized spacial score (nSPS) is 11.3. The van der Waals surface area contributed by atoms with E-state index >= 15 is 0 Å². The summed E-state index contributed by atoms with van der Waals surface area (Å²) in [5, 5.41) is -0.0367. The second-order valence-corrected chi connectivity index (χ2v) is 4.16. The van der Waals surface area contributed by atoms with Crippen molar-refractivity contribution in [3.8, 4) is 0 Å².